The van der Waals surface area contributed by atoms with Crippen molar-refractivity contribution in [1.29, 1.82) is 0 Å². The smallest absolute Gasteiger partial charge is 0.338 e. The van der Waals surface area contributed by atoms with Crippen LogP contribution in [0, 0.1) is 19.7 Å². The highest BCUT2D eigenvalue weighted by molar-refractivity contribution is 5.90. The summed E-state index contributed by atoms with van der Waals surface area (Å²) in [6.07, 6.45) is 0. The maximum Gasteiger partial charge on any atom is 0.338 e. The lowest BCUT2D eigenvalue weighted by molar-refractivity contribution is 0.0463. The molecule has 0 N–H and O–H groups in total. The van der Waals surface area contributed by atoms with E-state index >= 15 is 0 Å². The largest absolute Gasteiger partial charge is 0.455 e. The van der Waals surface area contributed by atoms with E-state index in [-0.39, 0.29) is 12.4 Å². The summed E-state index contributed by atoms with van der Waals surface area (Å²) in [4.78, 5) is 12.1. The summed E-state index contributed by atoms with van der Waals surface area (Å²) >= 11 is 0. The van der Waals surface area contributed by atoms with Crippen LogP contribution in [0.2, 0.25) is 0 Å². The van der Waals surface area contributed by atoms with E-state index in [0.717, 1.165) is 16.7 Å². The molecule has 0 aliphatic carbocycles. The van der Waals surface area contributed by atoms with Gasteiger partial charge in [-0.1, -0.05) is 23.4 Å². The van der Waals surface area contributed by atoms with Gasteiger partial charge in [-0.15, -0.1) is 0 Å². The summed E-state index contributed by atoms with van der Waals surface area (Å²) in [7, 11) is 0. The molecule has 122 valence electrons. The fraction of sp³-hybridized carbons (Fsp3) is 0.158. The molecule has 5 heteroatoms. The Morgan fingerprint density at radius 1 is 1.12 bits per heavy atom. The number of nitrogens with zero attached hydrogens (tertiary/aromatic N) is 1. The van der Waals surface area contributed by atoms with Crippen LogP contribution < -0.4 is 0 Å². The first-order valence-electron chi connectivity index (χ1n) is 7.50. The Kier molecular flexibility index (Phi) is 4.42. The number of aromatic nitrogens is 1. The molecular weight excluding hydrogens is 309 g/mol. The highest BCUT2D eigenvalue weighted by Gasteiger charge is 2.16. The SMILES string of the molecule is Cc1ccccc1C(=O)OCc1noc(-c2ccc(F)cc2)c1C. The van der Waals surface area contributed by atoms with Gasteiger partial charge in [0.15, 0.2) is 5.76 Å². The van der Waals surface area contributed by atoms with Gasteiger partial charge in [0, 0.05) is 11.1 Å². The summed E-state index contributed by atoms with van der Waals surface area (Å²) in [5.74, 6) is -0.181. The molecule has 0 atom stereocenters. The van der Waals surface area contributed by atoms with Gasteiger partial charge >= 0.3 is 5.97 Å². The first kappa shape index (κ1) is 15.9. The molecule has 4 nitrogen and oxygen atoms in total. The van der Waals surface area contributed by atoms with Crippen LogP contribution in [0.15, 0.2) is 53.1 Å². The van der Waals surface area contributed by atoms with E-state index in [1.54, 1.807) is 24.3 Å². The van der Waals surface area contributed by atoms with Crippen LogP contribution in [0.3, 0.4) is 0 Å². The molecule has 0 radical (unpaired) electrons. The molecule has 3 rings (SSSR count). The lowest BCUT2D eigenvalue weighted by Gasteiger charge is -2.05. The van der Waals surface area contributed by atoms with E-state index in [2.05, 4.69) is 5.16 Å². The number of hydrogen-bond donors (Lipinski definition) is 0. The molecule has 24 heavy (non-hydrogen) atoms. The van der Waals surface area contributed by atoms with E-state index in [1.807, 2.05) is 26.0 Å². The van der Waals surface area contributed by atoms with E-state index in [1.165, 1.54) is 12.1 Å². The Morgan fingerprint density at radius 2 is 1.83 bits per heavy atom. The quantitative estimate of drug-likeness (QED) is 0.665. The molecule has 0 spiro atoms. The number of aryl methyl sites for hydroxylation is 1. The third-order valence-electron chi connectivity index (χ3n) is 3.83. The molecule has 2 aromatic carbocycles. The third-order valence-corrected chi connectivity index (χ3v) is 3.83. The zero-order chi connectivity index (χ0) is 17.1. The van der Waals surface area contributed by atoms with Crippen molar-refractivity contribution in [3.05, 3.63) is 76.7 Å². The van der Waals surface area contributed by atoms with Crippen molar-refractivity contribution in [3.63, 3.8) is 0 Å². The summed E-state index contributed by atoms with van der Waals surface area (Å²) in [5.41, 5.74) is 3.40. The van der Waals surface area contributed by atoms with Gasteiger partial charge < -0.3 is 9.26 Å². The number of ether oxygens (including phenoxy) is 1. The van der Waals surface area contributed by atoms with Crippen LogP contribution in [0.5, 0.6) is 0 Å². The maximum absolute atomic E-state index is 13.0. The molecule has 0 bridgehead atoms. The van der Waals surface area contributed by atoms with Gasteiger partial charge in [0.25, 0.3) is 0 Å². The van der Waals surface area contributed by atoms with Crippen LogP contribution >= 0.6 is 0 Å². The van der Waals surface area contributed by atoms with Crippen molar-refractivity contribution in [2.75, 3.05) is 0 Å². The minimum atomic E-state index is -0.404. The number of hydrogen-bond acceptors (Lipinski definition) is 4. The number of benzene rings is 2. The number of carbonyl (C=O) groups is 1. The second-order valence-electron chi connectivity index (χ2n) is 5.48. The zero-order valence-electron chi connectivity index (χ0n) is 13.4. The van der Waals surface area contributed by atoms with Crippen LogP contribution in [0.4, 0.5) is 4.39 Å². The van der Waals surface area contributed by atoms with Gasteiger partial charge in [0.05, 0.1) is 5.56 Å². The Labute approximate surface area is 138 Å². The Hall–Kier alpha value is -2.95. The maximum atomic E-state index is 13.0. The predicted octanol–water partition coefficient (Wildman–Crippen LogP) is 4.45. The van der Waals surface area contributed by atoms with Gasteiger partial charge in [0.2, 0.25) is 0 Å². The van der Waals surface area contributed by atoms with Crippen molar-refractivity contribution in [3.8, 4) is 11.3 Å². The van der Waals surface area contributed by atoms with Gasteiger partial charge in [-0.05, 0) is 49.7 Å². The van der Waals surface area contributed by atoms with Gasteiger partial charge in [-0.2, -0.15) is 0 Å². The third kappa shape index (κ3) is 3.20. The number of esters is 1. The summed E-state index contributed by atoms with van der Waals surface area (Å²) in [6, 6.07) is 13.2. The van der Waals surface area contributed by atoms with Gasteiger partial charge in [0.1, 0.15) is 18.1 Å². The summed E-state index contributed by atoms with van der Waals surface area (Å²) in [6.45, 7) is 3.69. The van der Waals surface area contributed by atoms with Crippen molar-refractivity contribution < 1.29 is 18.4 Å². The molecule has 0 amide bonds. The lowest BCUT2D eigenvalue weighted by Crippen LogP contribution is -2.07. The van der Waals surface area contributed by atoms with E-state index < -0.39 is 5.97 Å². The topological polar surface area (TPSA) is 52.3 Å². The van der Waals surface area contributed by atoms with E-state index in [4.69, 9.17) is 9.26 Å². The van der Waals surface area contributed by atoms with Crippen LogP contribution in [0.25, 0.3) is 11.3 Å². The van der Waals surface area contributed by atoms with Crippen LogP contribution in [-0.2, 0) is 11.3 Å². The molecule has 0 saturated heterocycles. The Morgan fingerprint density at radius 3 is 2.54 bits per heavy atom. The number of rotatable bonds is 4. The Bertz CT molecular complexity index is 869. The van der Waals surface area contributed by atoms with Gasteiger partial charge in [-0.25, -0.2) is 9.18 Å². The average Bonchev–Trinajstić information content (AvgIpc) is 2.95. The normalized spacial score (nSPS) is 10.6. The molecule has 0 unspecified atom stereocenters. The molecule has 1 heterocycles. The first-order chi connectivity index (χ1) is 11.6. The van der Waals surface area contributed by atoms with Crippen molar-refractivity contribution >= 4 is 5.97 Å². The minimum absolute atomic E-state index is 0.0176. The highest BCUT2D eigenvalue weighted by Crippen LogP contribution is 2.26. The fourth-order valence-corrected chi connectivity index (χ4v) is 2.39. The van der Waals surface area contributed by atoms with E-state index in [9.17, 15) is 9.18 Å². The van der Waals surface area contributed by atoms with Crippen molar-refractivity contribution in [2.45, 2.75) is 20.5 Å². The highest BCUT2D eigenvalue weighted by atomic mass is 19.1. The van der Waals surface area contributed by atoms with Crippen molar-refractivity contribution in [1.82, 2.24) is 5.16 Å². The number of halogens is 1. The average molecular weight is 325 g/mol. The standard InChI is InChI=1S/C19H16FNO3/c1-12-5-3-4-6-16(12)19(22)23-11-17-13(2)18(24-21-17)14-7-9-15(20)10-8-14/h3-10H,11H2,1-2H3. The molecule has 3 aromatic rings. The zero-order valence-corrected chi connectivity index (χ0v) is 13.4. The summed E-state index contributed by atoms with van der Waals surface area (Å²) < 4.78 is 23.6. The van der Waals surface area contributed by atoms with E-state index in [0.29, 0.717) is 17.0 Å². The van der Waals surface area contributed by atoms with Crippen LogP contribution in [0.1, 0.15) is 27.2 Å². The molecule has 0 saturated carbocycles. The molecule has 0 aliphatic rings. The summed E-state index contributed by atoms with van der Waals surface area (Å²) in [5, 5.41) is 3.96. The second-order valence-corrected chi connectivity index (χ2v) is 5.48. The molecule has 1 aromatic heterocycles. The fourth-order valence-electron chi connectivity index (χ4n) is 2.39. The monoisotopic (exact) mass is 325 g/mol. The predicted molar refractivity (Wildman–Crippen MR) is 86.9 cm³/mol. The van der Waals surface area contributed by atoms with Crippen LogP contribution in [-0.4, -0.2) is 11.1 Å². The molecular formula is C19H16FNO3. The molecule has 0 fully saturated rings. The van der Waals surface area contributed by atoms with Gasteiger partial charge in [-0.3, -0.25) is 0 Å². The second kappa shape index (κ2) is 6.66. The Balaban J connectivity index is 1.74. The minimum Gasteiger partial charge on any atom is -0.455 e. The first-order valence-corrected chi connectivity index (χ1v) is 7.50. The number of carbonyl (C=O) groups excluding carboxylic acids is 1. The van der Waals surface area contributed by atoms with Crippen molar-refractivity contribution in [2.24, 2.45) is 0 Å². The lowest BCUT2D eigenvalue weighted by atomic mass is 10.1. The molecule has 0 aliphatic heterocycles.